The molecule has 0 atom stereocenters. The van der Waals surface area contributed by atoms with Crippen LogP contribution in [0.3, 0.4) is 0 Å². The molecule has 0 aliphatic carbocycles. The van der Waals surface area contributed by atoms with Crippen LogP contribution in [0.2, 0.25) is 0 Å². The molecule has 0 saturated carbocycles. The number of rotatable bonds is 3. The summed E-state index contributed by atoms with van der Waals surface area (Å²) in [6.45, 7) is 0. The molecule has 12 rings (SSSR count). The van der Waals surface area contributed by atoms with Crippen LogP contribution in [0.4, 0.5) is 0 Å². The summed E-state index contributed by atoms with van der Waals surface area (Å²) in [5.74, 6) is 0. The van der Waals surface area contributed by atoms with E-state index in [1.807, 2.05) is 12.1 Å². The maximum atomic E-state index is 9.73. The third-order valence-electron chi connectivity index (χ3n) is 11.2. The second kappa shape index (κ2) is 10.7. The smallest absolute Gasteiger partial charge is 0.159 e. The van der Waals surface area contributed by atoms with Gasteiger partial charge in [0.05, 0.1) is 50.4 Å². The summed E-state index contributed by atoms with van der Waals surface area (Å²) in [6.07, 6.45) is 0. The van der Waals surface area contributed by atoms with Gasteiger partial charge in [0.2, 0.25) is 0 Å². The highest BCUT2D eigenvalue weighted by Gasteiger charge is 2.22. The van der Waals surface area contributed by atoms with Gasteiger partial charge in [-0.05, 0) is 78.9 Å². The van der Waals surface area contributed by atoms with Crippen molar-refractivity contribution < 1.29 is 4.42 Å². The third-order valence-corrected chi connectivity index (χ3v) is 11.2. The first-order chi connectivity index (χ1) is 26.7. The van der Waals surface area contributed by atoms with E-state index in [0.717, 1.165) is 82.9 Å². The SMILES string of the molecule is N#Cc1ccc2c(c1)c1ccccc1n2-c1ccc2oc3c(-n4c5ccccc5c5ccccc54)cc(-n4c5ccccc5c5ccccc54)cc3c2c1. The molecule has 0 saturated heterocycles. The van der Waals surface area contributed by atoms with Crippen LogP contribution < -0.4 is 0 Å². The van der Waals surface area contributed by atoms with Crippen molar-refractivity contribution in [3.63, 3.8) is 0 Å². The Balaban J connectivity index is 1.22. The average molecular weight is 689 g/mol. The summed E-state index contributed by atoms with van der Waals surface area (Å²) in [5.41, 5.74) is 12.1. The molecule has 0 aliphatic heterocycles. The molecule has 0 N–H and O–H groups in total. The number of furan rings is 1. The Bertz CT molecular complexity index is 3480. The highest BCUT2D eigenvalue weighted by molar-refractivity contribution is 6.15. The van der Waals surface area contributed by atoms with Crippen LogP contribution in [-0.2, 0) is 0 Å². The fourth-order valence-corrected chi connectivity index (χ4v) is 8.97. The summed E-state index contributed by atoms with van der Waals surface area (Å²) in [7, 11) is 0. The maximum Gasteiger partial charge on any atom is 0.159 e. The molecule has 0 radical (unpaired) electrons. The summed E-state index contributed by atoms with van der Waals surface area (Å²) in [4.78, 5) is 0. The molecule has 54 heavy (non-hydrogen) atoms. The molecule has 5 heteroatoms. The Morgan fingerprint density at radius 1 is 0.370 bits per heavy atom. The average Bonchev–Trinajstić information content (AvgIpc) is 3.96. The van der Waals surface area contributed by atoms with Gasteiger partial charge < -0.3 is 18.1 Å². The minimum atomic E-state index is 0.650. The molecule has 5 nitrogen and oxygen atoms in total. The zero-order chi connectivity index (χ0) is 35.5. The van der Waals surface area contributed by atoms with Gasteiger partial charge in [0.1, 0.15) is 5.58 Å². The normalized spacial score (nSPS) is 12.1. The van der Waals surface area contributed by atoms with Crippen molar-refractivity contribution in [2.75, 3.05) is 0 Å². The summed E-state index contributed by atoms with van der Waals surface area (Å²) >= 11 is 0. The highest BCUT2D eigenvalue weighted by Crippen LogP contribution is 2.42. The van der Waals surface area contributed by atoms with E-state index in [0.29, 0.717) is 5.56 Å². The maximum absolute atomic E-state index is 9.73. The number of hydrogen-bond acceptors (Lipinski definition) is 2. The first-order valence-corrected chi connectivity index (χ1v) is 18.2. The Kier molecular flexibility index (Phi) is 5.78. The van der Waals surface area contributed by atoms with Crippen LogP contribution in [0.1, 0.15) is 5.56 Å². The zero-order valence-corrected chi connectivity index (χ0v) is 28.9. The largest absolute Gasteiger partial charge is 0.454 e. The Morgan fingerprint density at radius 2 is 0.833 bits per heavy atom. The van der Waals surface area contributed by atoms with Crippen LogP contribution >= 0.6 is 0 Å². The molecule has 4 heterocycles. The Morgan fingerprint density at radius 3 is 1.39 bits per heavy atom. The second-order valence-corrected chi connectivity index (χ2v) is 14.1. The number of nitriles is 1. The number of nitrogens with zero attached hydrogens (tertiary/aromatic N) is 4. The van der Waals surface area contributed by atoms with Crippen molar-refractivity contribution in [2.24, 2.45) is 0 Å². The van der Waals surface area contributed by atoms with Gasteiger partial charge in [0, 0.05) is 54.5 Å². The predicted molar refractivity (Wildman–Crippen MR) is 221 cm³/mol. The van der Waals surface area contributed by atoms with Crippen LogP contribution in [0.15, 0.2) is 174 Å². The van der Waals surface area contributed by atoms with E-state index in [2.05, 4.69) is 177 Å². The standard InChI is InChI=1S/C49H28N4O/c50-29-30-21-23-46-38(25-30)37-15-5-8-18-43(37)51(46)31-22-24-48-39(26-31)40-27-32(52-41-16-6-1-11-33(41)34-12-2-7-17-42(34)52)28-47(49(40)54-48)53-44-19-9-3-13-35(44)36-14-4-10-20-45(36)53/h1-28H. The highest BCUT2D eigenvalue weighted by atomic mass is 16.3. The summed E-state index contributed by atoms with van der Waals surface area (Å²) < 4.78 is 14.0. The minimum absolute atomic E-state index is 0.650. The molecule has 12 aromatic rings. The van der Waals surface area contributed by atoms with E-state index in [1.54, 1.807) is 0 Å². The van der Waals surface area contributed by atoms with E-state index in [-0.39, 0.29) is 0 Å². The van der Waals surface area contributed by atoms with Gasteiger partial charge in [-0.15, -0.1) is 0 Å². The van der Waals surface area contributed by atoms with Gasteiger partial charge >= 0.3 is 0 Å². The van der Waals surface area contributed by atoms with Crippen molar-refractivity contribution >= 4 is 87.4 Å². The number of para-hydroxylation sites is 5. The van der Waals surface area contributed by atoms with Crippen LogP contribution in [0.25, 0.3) is 104 Å². The molecular weight excluding hydrogens is 661 g/mol. The van der Waals surface area contributed by atoms with E-state index >= 15 is 0 Å². The minimum Gasteiger partial charge on any atom is -0.454 e. The number of aromatic nitrogens is 3. The van der Waals surface area contributed by atoms with Crippen molar-refractivity contribution in [1.82, 2.24) is 13.7 Å². The van der Waals surface area contributed by atoms with Gasteiger partial charge in [-0.25, -0.2) is 0 Å². The van der Waals surface area contributed by atoms with Gasteiger partial charge in [-0.3, -0.25) is 0 Å². The van der Waals surface area contributed by atoms with E-state index < -0.39 is 0 Å². The molecule has 250 valence electrons. The van der Waals surface area contributed by atoms with Crippen LogP contribution in [0, 0.1) is 11.3 Å². The van der Waals surface area contributed by atoms with Crippen molar-refractivity contribution in [3.8, 4) is 23.1 Å². The van der Waals surface area contributed by atoms with E-state index in [9.17, 15) is 5.26 Å². The molecule has 0 fully saturated rings. The van der Waals surface area contributed by atoms with Gasteiger partial charge in [0.25, 0.3) is 0 Å². The second-order valence-electron chi connectivity index (χ2n) is 14.1. The van der Waals surface area contributed by atoms with E-state index in [4.69, 9.17) is 4.42 Å². The topological polar surface area (TPSA) is 51.7 Å². The monoisotopic (exact) mass is 688 g/mol. The molecule has 0 unspecified atom stereocenters. The number of hydrogen-bond donors (Lipinski definition) is 0. The zero-order valence-electron chi connectivity index (χ0n) is 28.9. The Hall–Kier alpha value is -7.55. The molecule has 0 amide bonds. The van der Waals surface area contributed by atoms with Gasteiger partial charge in [0.15, 0.2) is 5.58 Å². The van der Waals surface area contributed by atoms with Crippen molar-refractivity contribution in [2.45, 2.75) is 0 Å². The first-order valence-electron chi connectivity index (χ1n) is 18.2. The lowest BCUT2D eigenvalue weighted by Gasteiger charge is -2.14. The number of benzene rings is 8. The summed E-state index contributed by atoms with van der Waals surface area (Å²) in [6, 6.07) is 62.4. The summed E-state index contributed by atoms with van der Waals surface area (Å²) in [5, 5.41) is 18.8. The molecule has 8 aromatic carbocycles. The van der Waals surface area contributed by atoms with Crippen LogP contribution in [-0.4, -0.2) is 13.7 Å². The van der Waals surface area contributed by atoms with Crippen LogP contribution in [0.5, 0.6) is 0 Å². The third kappa shape index (κ3) is 3.86. The fraction of sp³-hybridized carbons (Fsp3) is 0. The predicted octanol–water partition coefficient (Wildman–Crippen LogP) is 12.7. The van der Waals surface area contributed by atoms with Crippen molar-refractivity contribution in [3.05, 3.63) is 175 Å². The molecule has 0 bridgehead atoms. The first kappa shape index (κ1) is 29.1. The lowest BCUT2D eigenvalue weighted by molar-refractivity contribution is 0.666. The quantitative estimate of drug-likeness (QED) is 0.185. The van der Waals surface area contributed by atoms with Gasteiger partial charge in [-0.2, -0.15) is 5.26 Å². The Labute approximate surface area is 308 Å². The lowest BCUT2D eigenvalue weighted by Crippen LogP contribution is -1.99. The molecular formula is C49H28N4O. The van der Waals surface area contributed by atoms with E-state index in [1.165, 1.54) is 21.5 Å². The molecule has 0 aliphatic rings. The van der Waals surface area contributed by atoms with Gasteiger partial charge in [-0.1, -0.05) is 91.0 Å². The number of fused-ring (bicyclic) bond motifs is 12. The lowest BCUT2D eigenvalue weighted by atomic mass is 10.1. The fourth-order valence-electron chi connectivity index (χ4n) is 8.97. The molecule has 0 spiro atoms. The van der Waals surface area contributed by atoms with Crippen molar-refractivity contribution in [1.29, 1.82) is 5.26 Å². The molecule has 4 aromatic heterocycles.